The molecule has 1 saturated heterocycles. The van der Waals surface area contributed by atoms with Gasteiger partial charge < -0.3 is 14.4 Å². The van der Waals surface area contributed by atoms with Crippen molar-refractivity contribution in [3.8, 4) is 11.5 Å². The van der Waals surface area contributed by atoms with E-state index in [0.29, 0.717) is 30.3 Å². The summed E-state index contributed by atoms with van der Waals surface area (Å²) < 4.78 is 37.9. The fourth-order valence-corrected chi connectivity index (χ4v) is 4.66. The molecule has 146 valence electrons. The average molecular weight is 392 g/mol. The fraction of sp³-hybridized carbons (Fsp3) is 0.400. The van der Waals surface area contributed by atoms with Crippen LogP contribution in [0.3, 0.4) is 0 Å². The number of hydrogen-bond acceptors (Lipinski definition) is 4. The van der Waals surface area contributed by atoms with Crippen molar-refractivity contribution in [2.45, 2.75) is 11.3 Å². The summed E-state index contributed by atoms with van der Waals surface area (Å²) in [4.78, 5) is 1.75. The topological polar surface area (TPSA) is 60.3 Å². The zero-order valence-corrected chi connectivity index (χ0v) is 16.5. The monoisotopic (exact) mass is 391 g/mol. The highest BCUT2D eigenvalue weighted by Gasteiger charge is 2.30. The van der Waals surface area contributed by atoms with Crippen molar-refractivity contribution in [2.75, 3.05) is 46.4 Å². The Morgan fingerprint density at radius 2 is 1.63 bits per heavy atom. The van der Waals surface area contributed by atoms with Crippen molar-refractivity contribution < 1.29 is 22.8 Å². The summed E-state index contributed by atoms with van der Waals surface area (Å²) in [6.45, 7) is 4.40. The maximum absolute atomic E-state index is 12.8. The number of quaternary nitrogens is 1. The summed E-state index contributed by atoms with van der Waals surface area (Å²) in [5, 5.41) is 0. The van der Waals surface area contributed by atoms with Crippen molar-refractivity contribution >= 4 is 10.0 Å². The zero-order valence-electron chi connectivity index (χ0n) is 15.6. The number of nitrogens with one attached hydrogen (secondary N) is 1. The third-order valence-electron chi connectivity index (χ3n) is 4.81. The van der Waals surface area contributed by atoms with Crippen LogP contribution in [0.15, 0.2) is 59.5 Å². The van der Waals surface area contributed by atoms with Crippen molar-refractivity contribution in [1.29, 1.82) is 0 Å². The van der Waals surface area contributed by atoms with Crippen LogP contribution in [0, 0.1) is 0 Å². The van der Waals surface area contributed by atoms with E-state index in [1.165, 1.54) is 4.90 Å². The van der Waals surface area contributed by atoms with Crippen LogP contribution in [-0.2, 0) is 10.0 Å². The molecule has 7 heteroatoms. The van der Waals surface area contributed by atoms with Crippen molar-refractivity contribution in [3.63, 3.8) is 0 Å². The van der Waals surface area contributed by atoms with Crippen molar-refractivity contribution in [2.24, 2.45) is 0 Å². The quantitative estimate of drug-likeness (QED) is 0.684. The number of hydrogen-bond donors (Lipinski definition) is 1. The van der Waals surface area contributed by atoms with Crippen LogP contribution in [0.5, 0.6) is 11.5 Å². The first-order chi connectivity index (χ1) is 13.1. The number of para-hydroxylation sites is 1. The number of benzene rings is 2. The van der Waals surface area contributed by atoms with Gasteiger partial charge in [0.25, 0.3) is 0 Å². The third kappa shape index (κ3) is 5.22. The van der Waals surface area contributed by atoms with E-state index in [0.717, 1.165) is 31.8 Å². The molecule has 0 aromatic heterocycles. The van der Waals surface area contributed by atoms with E-state index in [1.54, 1.807) is 35.7 Å². The van der Waals surface area contributed by atoms with Gasteiger partial charge in [0.2, 0.25) is 10.0 Å². The predicted molar refractivity (Wildman–Crippen MR) is 104 cm³/mol. The van der Waals surface area contributed by atoms with Crippen LogP contribution in [-0.4, -0.2) is 59.2 Å². The number of methoxy groups -OCH3 is 1. The number of rotatable bonds is 8. The Kier molecular flexibility index (Phi) is 6.71. The summed E-state index contributed by atoms with van der Waals surface area (Å²) in [6, 6.07) is 16.4. The predicted octanol–water partition coefficient (Wildman–Crippen LogP) is 1.05. The molecule has 0 spiro atoms. The second kappa shape index (κ2) is 9.21. The molecular weight excluding hydrogens is 364 g/mol. The van der Waals surface area contributed by atoms with E-state index in [-0.39, 0.29) is 0 Å². The van der Waals surface area contributed by atoms with Gasteiger partial charge in [0.15, 0.2) is 0 Å². The van der Waals surface area contributed by atoms with E-state index in [9.17, 15) is 8.42 Å². The van der Waals surface area contributed by atoms with Gasteiger partial charge in [-0.15, -0.1) is 0 Å². The molecule has 6 nitrogen and oxygen atoms in total. The molecule has 0 amide bonds. The number of piperazine rings is 1. The lowest BCUT2D eigenvalue weighted by molar-refractivity contribution is -0.903. The molecule has 3 rings (SSSR count). The SMILES string of the molecule is COc1ccc(S(=O)(=O)N2CC[NH+](CCCOc3ccccc3)CC2)cc1. The summed E-state index contributed by atoms with van der Waals surface area (Å²) in [5.74, 6) is 1.55. The highest BCUT2D eigenvalue weighted by Crippen LogP contribution is 2.19. The summed E-state index contributed by atoms with van der Waals surface area (Å²) in [6.07, 6.45) is 0.954. The van der Waals surface area contributed by atoms with E-state index in [1.807, 2.05) is 30.3 Å². The first kappa shape index (κ1) is 19.7. The Balaban J connectivity index is 1.43. The van der Waals surface area contributed by atoms with E-state index in [2.05, 4.69) is 0 Å². The van der Waals surface area contributed by atoms with Gasteiger partial charge >= 0.3 is 0 Å². The molecule has 1 N–H and O–H groups in total. The Morgan fingerprint density at radius 1 is 0.963 bits per heavy atom. The minimum atomic E-state index is -3.43. The number of nitrogens with zero attached hydrogens (tertiary/aromatic N) is 1. The molecule has 2 aromatic rings. The first-order valence-corrected chi connectivity index (χ1v) is 10.7. The zero-order chi connectivity index (χ0) is 19.1. The van der Waals surface area contributed by atoms with Crippen LogP contribution in [0.1, 0.15) is 6.42 Å². The third-order valence-corrected chi connectivity index (χ3v) is 6.73. The van der Waals surface area contributed by atoms with Crippen LogP contribution < -0.4 is 14.4 Å². The van der Waals surface area contributed by atoms with Gasteiger partial charge in [-0.3, -0.25) is 0 Å². The van der Waals surface area contributed by atoms with Crippen LogP contribution >= 0.6 is 0 Å². The maximum atomic E-state index is 12.8. The van der Waals surface area contributed by atoms with Crippen molar-refractivity contribution in [3.05, 3.63) is 54.6 Å². The fourth-order valence-electron chi connectivity index (χ4n) is 3.22. The Bertz CT molecular complexity index is 802. The lowest BCUT2D eigenvalue weighted by Gasteiger charge is -2.31. The van der Waals surface area contributed by atoms with Gasteiger partial charge in [0, 0.05) is 6.42 Å². The van der Waals surface area contributed by atoms with Crippen LogP contribution in [0.2, 0.25) is 0 Å². The van der Waals surface area contributed by atoms with Crippen LogP contribution in [0.25, 0.3) is 0 Å². The lowest BCUT2D eigenvalue weighted by atomic mass is 10.3. The molecule has 1 aliphatic heterocycles. The average Bonchev–Trinajstić information content (AvgIpc) is 2.72. The van der Waals surface area contributed by atoms with Gasteiger partial charge in [-0.2, -0.15) is 4.31 Å². The minimum Gasteiger partial charge on any atom is -0.497 e. The maximum Gasteiger partial charge on any atom is 0.243 e. The molecule has 1 fully saturated rings. The highest BCUT2D eigenvalue weighted by molar-refractivity contribution is 7.89. The molecule has 0 bridgehead atoms. The van der Waals surface area contributed by atoms with Crippen LogP contribution in [0.4, 0.5) is 0 Å². The lowest BCUT2D eigenvalue weighted by Crippen LogP contribution is -3.14. The summed E-state index contributed by atoms with van der Waals surface area (Å²) >= 11 is 0. The van der Waals surface area contributed by atoms with Gasteiger partial charge in [0.05, 0.1) is 51.3 Å². The number of sulfonamides is 1. The summed E-state index contributed by atoms with van der Waals surface area (Å²) in [5.41, 5.74) is 0. The molecule has 0 saturated carbocycles. The molecule has 0 radical (unpaired) electrons. The smallest absolute Gasteiger partial charge is 0.243 e. The summed E-state index contributed by atoms with van der Waals surface area (Å²) in [7, 11) is -1.87. The van der Waals surface area contributed by atoms with E-state index >= 15 is 0 Å². The van der Waals surface area contributed by atoms with Gasteiger partial charge in [-0.05, 0) is 36.4 Å². The molecule has 1 heterocycles. The Morgan fingerprint density at radius 3 is 2.26 bits per heavy atom. The molecule has 2 aromatic carbocycles. The second-order valence-electron chi connectivity index (χ2n) is 6.59. The molecule has 0 atom stereocenters. The second-order valence-corrected chi connectivity index (χ2v) is 8.53. The minimum absolute atomic E-state index is 0.322. The van der Waals surface area contributed by atoms with Gasteiger partial charge in [-0.1, -0.05) is 18.2 Å². The largest absolute Gasteiger partial charge is 0.497 e. The molecule has 0 aliphatic carbocycles. The Hall–Kier alpha value is -2.09. The molecule has 27 heavy (non-hydrogen) atoms. The Labute approximate surface area is 161 Å². The first-order valence-electron chi connectivity index (χ1n) is 9.25. The van der Waals surface area contributed by atoms with E-state index < -0.39 is 10.0 Å². The molecule has 0 unspecified atom stereocenters. The van der Waals surface area contributed by atoms with E-state index in [4.69, 9.17) is 9.47 Å². The normalized spacial score (nSPS) is 16.2. The number of ether oxygens (including phenoxy) is 2. The highest BCUT2D eigenvalue weighted by atomic mass is 32.2. The standard InChI is InChI=1S/C20H26N2O4S/c1-25-18-8-10-20(11-9-18)27(23,24)22-15-13-21(14-16-22)12-5-17-26-19-6-3-2-4-7-19/h2-4,6-11H,5,12-17H2,1H3/p+1. The molecular formula is C20H27N2O4S+. The van der Waals surface area contributed by atoms with Crippen molar-refractivity contribution in [1.82, 2.24) is 4.31 Å². The van der Waals surface area contributed by atoms with Gasteiger partial charge in [0.1, 0.15) is 11.5 Å². The van der Waals surface area contributed by atoms with Gasteiger partial charge in [-0.25, -0.2) is 8.42 Å². The molecule has 1 aliphatic rings.